The molecule has 23 heavy (non-hydrogen) atoms. The summed E-state index contributed by atoms with van der Waals surface area (Å²) in [4.78, 5) is 13.5. The molecule has 0 radical (unpaired) electrons. The van der Waals surface area contributed by atoms with Crippen LogP contribution >= 0.6 is 11.8 Å². The second-order valence-corrected chi connectivity index (χ2v) is 7.41. The van der Waals surface area contributed by atoms with E-state index in [1.807, 2.05) is 18.2 Å². The van der Waals surface area contributed by atoms with Gasteiger partial charge < -0.3 is 4.74 Å². The van der Waals surface area contributed by atoms with E-state index in [1.54, 1.807) is 11.8 Å². The SMILES string of the molecule is Cc1cc(C2CCOC(=O)C2Sc2ccccc2)cc(C)c1C. The molecule has 1 heterocycles. The lowest BCUT2D eigenvalue weighted by Crippen LogP contribution is -2.33. The second-order valence-electron chi connectivity index (χ2n) is 6.19. The van der Waals surface area contributed by atoms with Crippen LogP contribution in [-0.4, -0.2) is 17.8 Å². The molecule has 0 spiro atoms. The number of benzene rings is 2. The highest BCUT2D eigenvalue weighted by atomic mass is 32.2. The smallest absolute Gasteiger partial charge is 0.320 e. The lowest BCUT2D eigenvalue weighted by Gasteiger charge is -2.30. The van der Waals surface area contributed by atoms with Gasteiger partial charge in [-0.15, -0.1) is 11.8 Å². The Morgan fingerprint density at radius 3 is 2.35 bits per heavy atom. The van der Waals surface area contributed by atoms with Crippen molar-refractivity contribution in [1.82, 2.24) is 0 Å². The Morgan fingerprint density at radius 1 is 1.04 bits per heavy atom. The van der Waals surface area contributed by atoms with Crippen molar-refractivity contribution in [2.45, 2.75) is 43.3 Å². The quantitative estimate of drug-likeness (QED) is 0.758. The van der Waals surface area contributed by atoms with Gasteiger partial charge in [0.05, 0.1) is 6.61 Å². The van der Waals surface area contributed by atoms with Crippen molar-refractivity contribution in [3.05, 3.63) is 64.7 Å². The molecule has 0 saturated carbocycles. The molecule has 1 aliphatic rings. The van der Waals surface area contributed by atoms with E-state index in [-0.39, 0.29) is 17.1 Å². The monoisotopic (exact) mass is 326 g/mol. The molecule has 2 aromatic rings. The van der Waals surface area contributed by atoms with Crippen molar-refractivity contribution >= 4 is 17.7 Å². The number of carbonyl (C=O) groups excluding carboxylic acids is 1. The molecule has 3 rings (SSSR count). The Morgan fingerprint density at radius 2 is 1.70 bits per heavy atom. The Kier molecular flexibility index (Phi) is 4.76. The first-order valence-corrected chi connectivity index (χ1v) is 8.90. The molecule has 1 saturated heterocycles. The third-order valence-electron chi connectivity index (χ3n) is 4.65. The van der Waals surface area contributed by atoms with Gasteiger partial charge in [-0.1, -0.05) is 30.3 Å². The number of cyclic esters (lactones) is 1. The fraction of sp³-hybridized carbons (Fsp3) is 0.350. The Balaban J connectivity index is 1.93. The summed E-state index contributed by atoms with van der Waals surface area (Å²) in [6.07, 6.45) is 0.887. The Labute approximate surface area is 142 Å². The van der Waals surface area contributed by atoms with E-state index < -0.39 is 0 Å². The molecule has 0 amide bonds. The van der Waals surface area contributed by atoms with E-state index in [9.17, 15) is 4.79 Å². The number of hydrogen-bond donors (Lipinski definition) is 0. The summed E-state index contributed by atoms with van der Waals surface area (Å²) in [5.41, 5.74) is 5.18. The number of ether oxygens (including phenoxy) is 1. The Hall–Kier alpha value is -1.74. The maximum absolute atomic E-state index is 12.4. The van der Waals surface area contributed by atoms with Crippen LogP contribution in [0, 0.1) is 20.8 Å². The fourth-order valence-corrected chi connectivity index (χ4v) is 4.31. The zero-order valence-electron chi connectivity index (χ0n) is 13.8. The van der Waals surface area contributed by atoms with Crippen molar-refractivity contribution in [3.8, 4) is 0 Å². The average molecular weight is 326 g/mol. The molecule has 1 aliphatic heterocycles. The number of carbonyl (C=O) groups is 1. The molecule has 0 N–H and O–H groups in total. The van der Waals surface area contributed by atoms with Gasteiger partial charge in [0.2, 0.25) is 0 Å². The lowest BCUT2D eigenvalue weighted by atomic mass is 9.87. The molecule has 0 aromatic heterocycles. The third-order valence-corrected chi connectivity index (χ3v) is 5.97. The highest BCUT2D eigenvalue weighted by Crippen LogP contribution is 2.39. The summed E-state index contributed by atoms with van der Waals surface area (Å²) < 4.78 is 5.34. The molecule has 1 fully saturated rings. The minimum Gasteiger partial charge on any atom is -0.465 e. The predicted molar refractivity (Wildman–Crippen MR) is 95.1 cm³/mol. The van der Waals surface area contributed by atoms with Gasteiger partial charge >= 0.3 is 5.97 Å². The molecule has 120 valence electrons. The molecule has 2 aromatic carbocycles. The number of rotatable bonds is 3. The number of thioether (sulfide) groups is 1. The first-order valence-electron chi connectivity index (χ1n) is 8.02. The molecular formula is C20H22O2S. The summed E-state index contributed by atoms with van der Waals surface area (Å²) >= 11 is 1.62. The lowest BCUT2D eigenvalue weighted by molar-refractivity contribution is -0.146. The van der Waals surface area contributed by atoms with Crippen LogP contribution in [0.5, 0.6) is 0 Å². The largest absolute Gasteiger partial charge is 0.465 e. The van der Waals surface area contributed by atoms with Crippen molar-refractivity contribution in [1.29, 1.82) is 0 Å². The van der Waals surface area contributed by atoms with Gasteiger partial charge in [0.15, 0.2) is 0 Å². The molecule has 2 atom stereocenters. The van der Waals surface area contributed by atoms with Crippen LogP contribution in [0.4, 0.5) is 0 Å². The van der Waals surface area contributed by atoms with E-state index in [1.165, 1.54) is 22.3 Å². The van der Waals surface area contributed by atoms with E-state index in [0.29, 0.717) is 6.61 Å². The van der Waals surface area contributed by atoms with E-state index in [2.05, 4.69) is 45.0 Å². The van der Waals surface area contributed by atoms with Crippen LogP contribution in [0.25, 0.3) is 0 Å². The first kappa shape index (κ1) is 16.1. The van der Waals surface area contributed by atoms with E-state index in [4.69, 9.17) is 4.74 Å². The van der Waals surface area contributed by atoms with Gasteiger partial charge in [-0.3, -0.25) is 4.79 Å². The number of aryl methyl sites for hydroxylation is 2. The van der Waals surface area contributed by atoms with E-state index in [0.717, 1.165) is 11.3 Å². The predicted octanol–water partition coefficient (Wildman–Crippen LogP) is 4.80. The van der Waals surface area contributed by atoms with Crippen molar-refractivity contribution < 1.29 is 9.53 Å². The molecule has 0 bridgehead atoms. The number of hydrogen-bond acceptors (Lipinski definition) is 3. The van der Waals surface area contributed by atoms with Gasteiger partial charge in [0.25, 0.3) is 0 Å². The molecule has 2 nitrogen and oxygen atoms in total. The number of esters is 1. The first-order chi connectivity index (χ1) is 11.1. The summed E-state index contributed by atoms with van der Waals surface area (Å²) in [6, 6.07) is 14.6. The summed E-state index contributed by atoms with van der Waals surface area (Å²) in [5.74, 6) is 0.116. The van der Waals surface area contributed by atoms with Crippen molar-refractivity contribution in [2.75, 3.05) is 6.61 Å². The maximum atomic E-state index is 12.4. The molecular weight excluding hydrogens is 304 g/mol. The van der Waals surface area contributed by atoms with Gasteiger partial charge in [-0.05, 0) is 61.6 Å². The van der Waals surface area contributed by atoms with Crippen LogP contribution in [0.1, 0.15) is 34.6 Å². The highest BCUT2D eigenvalue weighted by molar-refractivity contribution is 8.00. The average Bonchev–Trinajstić information content (AvgIpc) is 2.55. The topological polar surface area (TPSA) is 26.3 Å². The van der Waals surface area contributed by atoms with Crippen molar-refractivity contribution in [2.24, 2.45) is 0 Å². The van der Waals surface area contributed by atoms with Gasteiger partial charge in [0, 0.05) is 10.8 Å². The zero-order chi connectivity index (χ0) is 16.4. The minimum absolute atomic E-state index is 0.0917. The molecule has 3 heteroatoms. The molecule has 0 aliphatic carbocycles. The van der Waals surface area contributed by atoms with Crippen LogP contribution in [0.3, 0.4) is 0 Å². The van der Waals surface area contributed by atoms with Crippen molar-refractivity contribution in [3.63, 3.8) is 0 Å². The third kappa shape index (κ3) is 3.45. The second kappa shape index (κ2) is 6.79. The maximum Gasteiger partial charge on any atom is 0.320 e. The Bertz CT molecular complexity index is 686. The standard InChI is InChI=1S/C20H22O2S/c1-13-11-16(12-14(2)15(13)3)18-9-10-22-20(21)19(18)23-17-7-5-4-6-8-17/h4-8,11-12,18-19H,9-10H2,1-3H3. The van der Waals surface area contributed by atoms with E-state index >= 15 is 0 Å². The van der Waals surface area contributed by atoms with Crippen LogP contribution in [0.15, 0.2) is 47.4 Å². The molecule has 2 unspecified atom stereocenters. The fourth-order valence-electron chi connectivity index (χ4n) is 3.08. The zero-order valence-corrected chi connectivity index (χ0v) is 14.7. The highest BCUT2D eigenvalue weighted by Gasteiger charge is 2.35. The summed E-state index contributed by atoms with van der Waals surface area (Å²) in [5, 5.41) is -0.173. The van der Waals surface area contributed by atoms with Crippen LogP contribution in [-0.2, 0) is 9.53 Å². The summed E-state index contributed by atoms with van der Waals surface area (Å²) in [6.45, 7) is 6.96. The van der Waals surface area contributed by atoms with Crippen LogP contribution < -0.4 is 0 Å². The minimum atomic E-state index is -0.173. The van der Waals surface area contributed by atoms with Crippen LogP contribution in [0.2, 0.25) is 0 Å². The van der Waals surface area contributed by atoms with Gasteiger partial charge in [0.1, 0.15) is 5.25 Å². The van der Waals surface area contributed by atoms with Gasteiger partial charge in [-0.25, -0.2) is 0 Å². The summed E-state index contributed by atoms with van der Waals surface area (Å²) in [7, 11) is 0. The normalized spacial score (nSPS) is 21.1. The van der Waals surface area contributed by atoms with Gasteiger partial charge in [-0.2, -0.15) is 0 Å².